The van der Waals surface area contributed by atoms with E-state index in [-0.39, 0.29) is 11.9 Å². The molecular formula is C17H26N6O2. The number of piperazine rings is 1. The first-order valence-corrected chi connectivity index (χ1v) is 8.62. The molecule has 8 heteroatoms. The zero-order chi connectivity index (χ0) is 18.0. The molecule has 3 rings (SSSR count). The van der Waals surface area contributed by atoms with Crippen LogP contribution in [0.4, 0.5) is 5.82 Å². The molecule has 25 heavy (non-hydrogen) atoms. The smallest absolute Gasteiger partial charge is 0.242 e. The third kappa shape index (κ3) is 4.08. The molecule has 0 unspecified atom stereocenters. The predicted octanol–water partition coefficient (Wildman–Crippen LogP) is 1.25. The molecule has 0 saturated carbocycles. The second kappa shape index (κ2) is 7.37. The molecule has 0 spiro atoms. The van der Waals surface area contributed by atoms with Crippen molar-refractivity contribution in [3.63, 3.8) is 0 Å². The van der Waals surface area contributed by atoms with Gasteiger partial charge in [-0.1, -0.05) is 5.16 Å². The number of anilines is 1. The van der Waals surface area contributed by atoms with E-state index < -0.39 is 0 Å². The highest BCUT2D eigenvalue weighted by Crippen LogP contribution is 2.16. The quantitative estimate of drug-likeness (QED) is 0.878. The summed E-state index contributed by atoms with van der Waals surface area (Å²) in [6, 6.07) is 1.86. The normalized spacial score (nSPS) is 20.6. The van der Waals surface area contributed by atoms with Gasteiger partial charge in [-0.2, -0.15) is 0 Å². The minimum absolute atomic E-state index is 0.0574. The summed E-state index contributed by atoms with van der Waals surface area (Å²) in [5.74, 6) is 2.15. The average Bonchev–Trinajstić information content (AvgIpc) is 3.17. The molecule has 3 heterocycles. The van der Waals surface area contributed by atoms with Gasteiger partial charge in [0.15, 0.2) is 5.82 Å². The fraction of sp³-hybridized carbons (Fsp3) is 0.588. The number of rotatable bonds is 5. The maximum Gasteiger partial charge on any atom is 0.242 e. The first-order valence-electron chi connectivity index (χ1n) is 8.62. The van der Waals surface area contributed by atoms with E-state index in [2.05, 4.69) is 36.7 Å². The van der Waals surface area contributed by atoms with Crippen molar-refractivity contribution in [3.8, 4) is 0 Å². The van der Waals surface area contributed by atoms with E-state index in [4.69, 9.17) is 4.52 Å². The van der Waals surface area contributed by atoms with E-state index in [1.54, 1.807) is 13.0 Å². The minimum Gasteiger partial charge on any atom is -0.360 e. The molecule has 0 bridgehead atoms. The number of imidazole rings is 1. The highest BCUT2D eigenvalue weighted by Gasteiger charge is 2.30. The van der Waals surface area contributed by atoms with Crippen molar-refractivity contribution in [2.45, 2.75) is 39.4 Å². The molecule has 0 aromatic carbocycles. The first-order chi connectivity index (χ1) is 11.9. The number of carbonyl (C=O) groups is 1. The van der Waals surface area contributed by atoms with Crippen LogP contribution in [0.3, 0.4) is 0 Å². The summed E-state index contributed by atoms with van der Waals surface area (Å²) < 4.78 is 7.04. The second-order valence-electron chi connectivity index (χ2n) is 6.76. The monoisotopic (exact) mass is 346 g/mol. The molecule has 2 atom stereocenters. The van der Waals surface area contributed by atoms with Crippen molar-refractivity contribution >= 4 is 11.7 Å². The Morgan fingerprint density at radius 1 is 1.48 bits per heavy atom. The lowest BCUT2D eigenvalue weighted by Crippen LogP contribution is -2.56. The van der Waals surface area contributed by atoms with E-state index in [1.165, 1.54) is 0 Å². The Morgan fingerprint density at radius 2 is 2.28 bits per heavy atom. The van der Waals surface area contributed by atoms with Crippen molar-refractivity contribution in [1.82, 2.24) is 24.5 Å². The summed E-state index contributed by atoms with van der Waals surface area (Å²) in [5.41, 5.74) is 0. The number of amides is 1. The highest BCUT2D eigenvalue weighted by molar-refractivity contribution is 5.93. The summed E-state index contributed by atoms with van der Waals surface area (Å²) in [5, 5.41) is 6.63. The summed E-state index contributed by atoms with van der Waals surface area (Å²) >= 11 is 0. The first kappa shape index (κ1) is 17.6. The lowest BCUT2D eigenvalue weighted by molar-refractivity contribution is -0.122. The average molecular weight is 346 g/mol. The van der Waals surface area contributed by atoms with Crippen LogP contribution < -0.4 is 5.32 Å². The molecule has 1 amide bonds. The fourth-order valence-corrected chi connectivity index (χ4v) is 3.16. The standard InChI is InChI=1S/C17H26N6O2/c1-12-10-23(8-7-22(12)11-16-18-5-6-21(16)4)14(3)17(24)19-15-9-13(2)25-20-15/h5-6,9,12,14H,7-8,10-11H2,1-4H3,(H,19,20,24)/t12-,14-/m1/s1. The van der Waals surface area contributed by atoms with Crippen molar-refractivity contribution < 1.29 is 9.32 Å². The van der Waals surface area contributed by atoms with E-state index >= 15 is 0 Å². The van der Waals surface area contributed by atoms with Crippen LogP contribution >= 0.6 is 0 Å². The summed E-state index contributed by atoms with van der Waals surface area (Å²) in [7, 11) is 2.02. The molecule has 0 radical (unpaired) electrons. The lowest BCUT2D eigenvalue weighted by atomic mass is 10.1. The summed E-state index contributed by atoms with van der Waals surface area (Å²) in [4.78, 5) is 21.5. The number of hydrogen-bond donors (Lipinski definition) is 1. The van der Waals surface area contributed by atoms with Gasteiger partial charge in [0.1, 0.15) is 11.6 Å². The Bertz CT molecular complexity index is 724. The van der Waals surface area contributed by atoms with Crippen LogP contribution in [0.15, 0.2) is 23.0 Å². The molecule has 136 valence electrons. The van der Waals surface area contributed by atoms with E-state index in [0.717, 1.165) is 32.0 Å². The third-order valence-corrected chi connectivity index (χ3v) is 4.87. The van der Waals surface area contributed by atoms with Crippen molar-refractivity contribution in [1.29, 1.82) is 0 Å². The van der Waals surface area contributed by atoms with Gasteiger partial charge in [-0.25, -0.2) is 4.98 Å². The van der Waals surface area contributed by atoms with Crippen LogP contribution in [0.1, 0.15) is 25.4 Å². The predicted molar refractivity (Wildman–Crippen MR) is 94.0 cm³/mol. The minimum atomic E-state index is -0.213. The Kier molecular flexibility index (Phi) is 5.19. The molecule has 1 fully saturated rings. The number of nitrogens with one attached hydrogen (secondary N) is 1. The molecular weight excluding hydrogens is 320 g/mol. The van der Waals surface area contributed by atoms with Crippen molar-refractivity contribution in [3.05, 3.63) is 30.0 Å². The van der Waals surface area contributed by atoms with E-state index in [1.807, 2.05) is 26.4 Å². The number of nitrogens with zero attached hydrogens (tertiary/aromatic N) is 5. The lowest BCUT2D eigenvalue weighted by Gasteiger charge is -2.41. The molecule has 8 nitrogen and oxygen atoms in total. The van der Waals surface area contributed by atoms with Gasteiger partial charge < -0.3 is 14.4 Å². The summed E-state index contributed by atoms with van der Waals surface area (Å²) in [6.07, 6.45) is 3.79. The Morgan fingerprint density at radius 3 is 2.88 bits per heavy atom. The Labute approximate surface area is 147 Å². The fourth-order valence-electron chi connectivity index (χ4n) is 3.16. The van der Waals surface area contributed by atoms with Gasteiger partial charge >= 0.3 is 0 Å². The molecule has 0 aliphatic carbocycles. The maximum absolute atomic E-state index is 12.4. The molecule has 2 aromatic heterocycles. The van der Waals surface area contributed by atoms with E-state index in [0.29, 0.717) is 17.6 Å². The molecule has 1 aliphatic rings. The number of aromatic nitrogens is 3. The zero-order valence-corrected chi connectivity index (χ0v) is 15.3. The van der Waals surface area contributed by atoms with Crippen LogP contribution in [-0.2, 0) is 18.4 Å². The number of carbonyl (C=O) groups excluding carboxylic acids is 1. The summed E-state index contributed by atoms with van der Waals surface area (Å²) in [6.45, 7) is 9.36. The molecule has 1 saturated heterocycles. The second-order valence-corrected chi connectivity index (χ2v) is 6.76. The molecule has 1 N–H and O–H groups in total. The van der Waals surface area contributed by atoms with Gasteiger partial charge in [0.25, 0.3) is 0 Å². The van der Waals surface area contributed by atoms with Crippen LogP contribution in [0.25, 0.3) is 0 Å². The van der Waals surface area contributed by atoms with Gasteiger partial charge in [-0.05, 0) is 20.8 Å². The van der Waals surface area contributed by atoms with Gasteiger partial charge in [0.05, 0.1) is 12.6 Å². The Hall–Kier alpha value is -2.19. The van der Waals surface area contributed by atoms with Gasteiger partial charge in [-0.15, -0.1) is 0 Å². The van der Waals surface area contributed by atoms with Gasteiger partial charge in [0.2, 0.25) is 5.91 Å². The maximum atomic E-state index is 12.4. The van der Waals surface area contributed by atoms with E-state index in [9.17, 15) is 4.79 Å². The van der Waals surface area contributed by atoms with Gasteiger partial charge in [-0.3, -0.25) is 14.6 Å². The third-order valence-electron chi connectivity index (χ3n) is 4.87. The van der Waals surface area contributed by atoms with Crippen LogP contribution in [0, 0.1) is 6.92 Å². The van der Waals surface area contributed by atoms with Crippen molar-refractivity contribution in [2.24, 2.45) is 7.05 Å². The number of hydrogen-bond acceptors (Lipinski definition) is 6. The van der Waals surface area contributed by atoms with Crippen LogP contribution in [-0.4, -0.2) is 62.1 Å². The van der Waals surface area contributed by atoms with Gasteiger partial charge in [0, 0.05) is 51.2 Å². The van der Waals surface area contributed by atoms with Crippen LogP contribution in [0.5, 0.6) is 0 Å². The zero-order valence-electron chi connectivity index (χ0n) is 15.3. The highest BCUT2D eigenvalue weighted by atomic mass is 16.5. The SMILES string of the molecule is Cc1cc(NC(=O)[C@@H](C)N2CCN(Cc3nccn3C)[C@H](C)C2)no1. The van der Waals surface area contributed by atoms with Crippen molar-refractivity contribution in [2.75, 3.05) is 25.0 Å². The molecule has 2 aromatic rings. The Balaban J connectivity index is 1.54. The van der Waals surface area contributed by atoms with Crippen LogP contribution in [0.2, 0.25) is 0 Å². The largest absolute Gasteiger partial charge is 0.360 e. The topological polar surface area (TPSA) is 79.4 Å². The number of aryl methyl sites for hydroxylation is 2. The molecule has 1 aliphatic heterocycles.